The second-order valence-electron chi connectivity index (χ2n) is 9.25. The van der Waals surface area contributed by atoms with E-state index < -0.39 is 11.7 Å². The molecule has 12 heteroatoms. The summed E-state index contributed by atoms with van der Waals surface area (Å²) in [6.45, 7) is 4.28. The number of aliphatic hydroxyl groups is 1. The number of halogens is 1. The second kappa shape index (κ2) is 10.3. The van der Waals surface area contributed by atoms with Crippen LogP contribution in [0.4, 0.5) is 23.5 Å². The lowest BCUT2D eigenvalue weighted by molar-refractivity contribution is 0.153. The molecule has 2 aliphatic heterocycles. The average Bonchev–Trinajstić information content (AvgIpc) is 2.78. The molecule has 0 aliphatic carbocycles. The highest BCUT2D eigenvalue weighted by atomic mass is 35.5. The van der Waals surface area contributed by atoms with Gasteiger partial charge in [-0.1, -0.05) is 0 Å². The number of aromatic nitrogens is 3. The van der Waals surface area contributed by atoms with E-state index in [-0.39, 0.29) is 24.5 Å². The van der Waals surface area contributed by atoms with E-state index >= 15 is 0 Å². The summed E-state index contributed by atoms with van der Waals surface area (Å²) in [7, 11) is 0. The molecule has 2 saturated heterocycles. The third-order valence-corrected chi connectivity index (χ3v) is 6.30. The number of fused-ring (bicyclic) bond motifs is 1. The van der Waals surface area contributed by atoms with Crippen LogP contribution in [0.1, 0.15) is 24.8 Å². The van der Waals surface area contributed by atoms with Crippen molar-refractivity contribution in [1.82, 2.24) is 15.0 Å². The van der Waals surface area contributed by atoms with Crippen LogP contribution in [0.5, 0.6) is 0 Å². The van der Waals surface area contributed by atoms with Gasteiger partial charge in [-0.3, -0.25) is 0 Å². The molecule has 0 saturated carbocycles. The zero-order chi connectivity index (χ0) is 23.8. The predicted octanol–water partition coefficient (Wildman–Crippen LogP) is 1.28. The van der Waals surface area contributed by atoms with Gasteiger partial charge in [0.05, 0.1) is 6.10 Å². The Labute approximate surface area is 208 Å². The molecule has 4 heterocycles. The molecule has 2 fully saturated rings. The van der Waals surface area contributed by atoms with Crippen molar-refractivity contribution in [3.63, 3.8) is 0 Å². The first kappa shape index (κ1) is 25.1. The molecule has 11 nitrogen and oxygen atoms in total. The lowest BCUT2D eigenvalue weighted by atomic mass is 10.0. The number of hydrogen-bond acceptors (Lipinski definition) is 11. The molecule has 6 N–H and O–H groups in total. The van der Waals surface area contributed by atoms with E-state index in [0.29, 0.717) is 48.7 Å². The molecule has 5 rings (SSSR count). The van der Waals surface area contributed by atoms with Gasteiger partial charge in [-0.25, -0.2) is 4.79 Å². The first-order valence-electron chi connectivity index (χ1n) is 11.6. The summed E-state index contributed by atoms with van der Waals surface area (Å²) in [5.74, 6) is 1.32. The van der Waals surface area contributed by atoms with Crippen molar-refractivity contribution in [2.24, 2.45) is 11.5 Å². The number of β-amino-alcohol motifs (C(OH)–C–C–N with tert-alkyl or cyclic N) is 1. The smallest absolute Gasteiger partial charge is 0.336 e. The van der Waals surface area contributed by atoms with Gasteiger partial charge in [-0.05, 0) is 43.9 Å². The maximum Gasteiger partial charge on any atom is 0.336 e. The predicted molar refractivity (Wildman–Crippen MR) is 138 cm³/mol. The monoisotopic (exact) mass is 502 g/mol. The number of anilines is 4. The largest absolute Gasteiger partial charge is 0.423 e. The number of rotatable bonds is 4. The van der Waals surface area contributed by atoms with Crippen molar-refractivity contribution < 1.29 is 9.52 Å². The summed E-state index contributed by atoms with van der Waals surface area (Å²) >= 11 is 0. The Morgan fingerprint density at radius 1 is 1.06 bits per heavy atom. The van der Waals surface area contributed by atoms with E-state index in [2.05, 4.69) is 15.3 Å². The minimum Gasteiger partial charge on any atom is -0.423 e. The van der Waals surface area contributed by atoms with Crippen molar-refractivity contribution in [2.75, 3.05) is 41.3 Å². The molecular weight excluding hydrogens is 472 g/mol. The van der Waals surface area contributed by atoms with Crippen LogP contribution in [0.3, 0.4) is 0 Å². The van der Waals surface area contributed by atoms with Gasteiger partial charge in [0.2, 0.25) is 17.8 Å². The summed E-state index contributed by atoms with van der Waals surface area (Å²) in [6, 6.07) is 6.87. The van der Waals surface area contributed by atoms with E-state index in [0.717, 1.165) is 36.8 Å². The molecule has 0 bridgehead atoms. The third-order valence-electron chi connectivity index (χ3n) is 6.30. The molecule has 188 valence electrons. The summed E-state index contributed by atoms with van der Waals surface area (Å²) < 4.78 is 5.37. The first-order valence-corrected chi connectivity index (χ1v) is 11.6. The normalized spacial score (nSPS) is 22.7. The third kappa shape index (κ3) is 5.64. The summed E-state index contributed by atoms with van der Waals surface area (Å²) in [4.78, 5) is 29.8. The SMILES string of the molecule is Cc1cc(=O)oc2cc(Nc3nc(N4C[C@H](N)C[C@H](N)C4)nc(N4CCC[C@H](O)C4)n3)ccc12.Cl. The number of nitrogens with two attached hydrogens (primary N) is 2. The number of nitrogens with one attached hydrogen (secondary N) is 1. The Morgan fingerprint density at radius 3 is 2.49 bits per heavy atom. The Bertz CT molecular complexity index is 1250. The zero-order valence-corrected chi connectivity index (χ0v) is 20.4. The Hall–Kier alpha value is -2.99. The highest BCUT2D eigenvalue weighted by molar-refractivity contribution is 5.85. The molecular formula is C23H31ClN8O3. The number of hydrogen-bond donors (Lipinski definition) is 4. The number of nitrogens with zero attached hydrogens (tertiary/aromatic N) is 5. The van der Waals surface area contributed by atoms with E-state index in [1.165, 1.54) is 6.07 Å². The minimum absolute atomic E-state index is 0. The van der Waals surface area contributed by atoms with E-state index in [4.69, 9.17) is 20.9 Å². The fourth-order valence-corrected chi connectivity index (χ4v) is 4.70. The Kier molecular flexibility index (Phi) is 7.41. The van der Waals surface area contributed by atoms with Crippen molar-refractivity contribution in [3.05, 3.63) is 40.2 Å². The van der Waals surface area contributed by atoms with Crippen LogP contribution in [0, 0.1) is 6.92 Å². The molecule has 0 unspecified atom stereocenters. The summed E-state index contributed by atoms with van der Waals surface area (Å²) in [5.41, 5.74) is 14.0. The Balaban J connectivity index is 0.00000289. The van der Waals surface area contributed by atoms with E-state index in [1.54, 1.807) is 6.07 Å². The molecule has 2 aliphatic rings. The molecule has 3 aromatic rings. The summed E-state index contributed by atoms with van der Waals surface area (Å²) in [6.07, 6.45) is 1.94. The average molecular weight is 503 g/mol. The maximum atomic E-state index is 11.8. The molecule has 2 aromatic heterocycles. The van der Waals surface area contributed by atoms with Crippen LogP contribution in [0.25, 0.3) is 11.0 Å². The molecule has 0 amide bonds. The van der Waals surface area contributed by atoms with Crippen LogP contribution < -0.4 is 32.2 Å². The van der Waals surface area contributed by atoms with Crippen molar-refractivity contribution in [1.29, 1.82) is 0 Å². The molecule has 3 atom stereocenters. The van der Waals surface area contributed by atoms with Gasteiger partial charge >= 0.3 is 5.63 Å². The van der Waals surface area contributed by atoms with E-state index in [9.17, 15) is 9.90 Å². The minimum atomic E-state index is -0.422. The number of piperidine rings is 2. The van der Waals surface area contributed by atoms with Crippen LogP contribution in [0.2, 0.25) is 0 Å². The lowest BCUT2D eigenvalue weighted by Gasteiger charge is -2.35. The van der Waals surface area contributed by atoms with Gasteiger partial charge in [0, 0.05) is 61.5 Å². The van der Waals surface area contributed by atoms with Crippen LogP contribution in [-0.2, 0) is 0 Å². The Morgan fingerprint density at radius 2 is 1.77 bits per heavy atom. The standard InChI is InChI=1S/C23H30N8O3.ClH/c1-13-7-20(33)34-19-9-16(4-5-18(13)19)26-21-27-22(30-6-2-3-17(32)12-30)29-23(28-21)31-10-14(24)8-15(25)11-31;/h4-5,7,9,14-15,17,32H,2-3,6,8,10-12,24-25H2,1H3,(H,26,27,28,29);1H/t14-,15+,17-;/m0./s1. The van der Waals surface area contributed by atoms with Gasteiger partial charge in [0.15, 0.2) is 0 Å². The molecule has 35 heavy (non-hydrogen) atoms. The van der Waals surface area contributed by atoms with Crippen LogP contribution in [0.15, 0.2) is 33.5 Å². The zero-order valence-electron chi connectivity index (χ0n) is 19.6. The van der Waals surface area contributed by atoms with Gasteiger partial charge in [0.25, 0.3) is 0 Å². The van der Waals surface area contributed by atoms with Gasteiger partial charge in [0.1, 0.15) is 5.58 Å². The van der Waals surface area contributed by atoms with Crippen molar-refractivity contribution >= 4 is 46.9 Å². The molecule has 1 aromatic carbocycles. The number of aliphatic hydroxyl groups excluding tert-OH is 1. The van der Waals surface area contributed by atoms with Crippen molar-refractivity contribution in [3.8, 4) is 0 Å². The maximum absolute atomic E-state index is 11.8. The van der Waals surface area contributed by atoms with E-state index in [1.807, 2.05) is 28.9 Å². The quantitative estimate of drug-likeness (QED) is 0.380. The topological polar surface area (TPSA) is 160 Å². The van der Waals surface area contributed by atoms with Crippen LogP contribution in [-0.4, -0.2) is 64.4 Å². The number of aryl methyl sites for hydroxylation is 1. The second-order valence-corrected chi connectivity index (χ2v) is 9.25. The highest BCUT2D eigenvalue weighted by Gasteiger charge is 2.27. The number of benzene rings is 1. The first-order chi connectivity index (χ1) is 16.3. The highest BCUT2D eigenvalue weighted by Crippen LogP contribution is 2.26. The fraction of sp³-hybridized carbons (Fsp3) is 0.478. The van der Waals surface area contributed by atoms with Crippen molar-refractivity contribution in [2.45, 2.75) is 44.4 Å². The van der Waals surface area contributed by atoms with Crippen LogP contribution >= 0.6 is 12.4 Å². The van der Waals surface area contributed by atoms with Gasteiger partial charge in [-0.2, -0.15) is 15.0 Å². The molecule has 0 radical (unpaired) electrons. The van der Waals surface area contributed by atoms with Gasteiger partial charge < -0.3 is 36.1 Å². The molecule has 0 spiro atoms. The summed E-state index contributed by atoms with van der Waals surface area (Å²) in [5, 5.41) is 14.3. The van der Waals surface area contributed by atoms with Gasteiger partial charge in [-0.15, -0.1) is 12.4 Å². The lowest BCUT2D eigenvalue weighted by Crippen LogP contribution is -2.53. The fourth-order valence-electron chi connectivity index (χ4n) is 4.70.